The van der Waals surface area contributed by atoms with Crippen LogP contribution in [0.4, 0.5) is 0 Å². The summed E-state index contributed by atoms with van der Waals surface area (Å²) in [6.07, 6.45) is 4.60. The standard InChI is InChI=1S/C16H33NOS/c1-7-12(3)19(18)15-11-13(16(4,5)6)9-10-14(15)17-8-2/h12-15,17H,7-11H2,1-6H3. The second kappa shape index (κ2) is 7.21. The molecular weight excluding hydrogens is 254 g/mol. The average Bonchev–Trinajstić information content (AvgIpc) is 2.36. The van der Waals surface area contributed by atoms with Gasteiger partial charge >= 0.3 is 0 Å². The van der Waals surface area contributed by atoms with E-state index in [-0.39, 0.29) is 0 Å². The van der Waals surface area contributed by atoms with Crippen LogP contribution in [-0.4, -0.2) is 27.3 Å². The molecule has 1 rings (SSSR count). The van der Waals surface area contributed by atoms with Gasteiger partial charge in [-0.15, -0.1) is 0 Å². The summed E-state index contributed by atoms with van der Waals surface area (Å²) in [6.45, 7) is 14.4. The lowest BCUT2D eigenvalue weighted by atomic mass is 9.71. The Kier molecular flexibility index (Phi) is 6.52. The molecule has 114 valence electrons. The molecule has 3 heteroatoms. The molecule has 1 saturated carbocycles. The lowest BCUT2D eigenvalue weighted by Gasteiger charge is -2.42. The Morgan fingerprint density at radius 2 is 1.89 bits per heavy atom. The monoisotopic (exact) mass is 287 g/mol. The zero-order valence-corrected chi connectivity index (χ0v) is 14.5. The molecule has 1 aliphatic carbocycles. The molecular formula is C16H33NOS. The molecule has 0 heterocycles. The van der Waals surface area contributed by atoms with Crippen molar-refractivity contribution in [3.05, 3.63) is 0 Å². The summed E-state index contributed by atoms with van der Waals surface area (Å²) >= 11 is 0. The third-order valence-electron chi connectivity index (χ3n) is 4.75. The van der Waals surface area contributed by atoms with Gasteiger partial charge in [-0.1, -0.05) is 41.5 Å². The summed E-state index contributed by atoms with van der Waals surface area (Å²) < 4.78 is 12.8. The highest BCUT2D eigenvalue weighted by atomic mass is 32.2. The molecule has 2 nitrogen and oxygen atoms in total. The topological polar surface area (TPSA) is 29.1 Å². The van der Waals surface area contributed by atoms with E-state index in [2.05, 4.69) is 46.9 Å². The molecule has 1 aliphatic rings. The Labute approximate surface area is 122 Å². The third kappa shape index (κ3) is 4.56. The van der Waals surface area contributed by atoms with E-state index < -0.39 is 10.8 Å². The summed E-state index contributed by atoms with van der Waals surface area (Å²) in [5, 5.41) is 4.24. The van der Waals surface area contributed by atoms with E-state index in [1.165, 1.54) is 12.8 Å². The fraction of sp³-hybridized carbons (Fsp3) is 1.00. The van der Waals surface area contributed by atoms with Crippen LogP contribution in [0.2, 0.25) is 0 Å². The van der Waals surface area contributed by atoms with E-state index in [1.54, 1.807) is 0 Å². The highest BCUT2D eigenvalue weighted by Gasteiger charge is 2.39. The Balaban J connectivity index is 2.81. The summed E-state index contributed by atoms with van der Waals surface area (Å²) in [7, 11) is -0.701. The molecule has 0 radical (unpaired) electrons. The van der Waals surface area contributed by atoms with Gasteiger partial charge in [0.25, 0.3) is 0 Å². The van der Waals surface area contributed by atoms with Crippen molar-refractivity contribution in [2.45, 2.75) is 83.8 Å². The van der Waals surface area contributed by atoms with E-state index in [9.17, 15) is 4.21 Å². The molecule has 19 heavy (non-hydrogen) atoms. The molecule has 1 N–H and O–H groups in total. The molecule has 0 aliphatic heterocycles. The van der Waals surface area contributed by atoms with Gasteiger partial charge in [0, 0.05) is 22.1 Å². The van der Waals surface area contributed by atoms with Crippen LogP contribution < -0.4 is 5.32 Å². The highest BCUT2D eigenvalue weighted by molar-refractivity contribution is 7.86. The maximum absolute atomic E-state index is 12.8. The maximum atomic E-state index is 12.8. The van der Waals surface area contributed by atoms with Gasteiger partial charge in [0.15, 0.2) is 0 Å². The van der Waals surface area contributed by atoms with Crippen LogP contribution >= 0.6 is 0 Å². The Morgan fingerprint density at radius 3 is 2.37 bits per heavy atom. The van der Waals surface area contributed by atoms with E-state index in [0.717, 1.165) is 19.4 Å². The molecule has 0 saturated heterocycles. The first-order valence-electron chi connectivity index (χ1n) is 7.94. The van der Waals surface area contributed by atoms with Gasteiger partial charge in [0.1, 0.15) is 0 Å². The first-order valence-corrected chi connectivity index (χ1v) is 9.21. The van der Waals surface area contributed by atoms with E-state index >= 15 is 0 Å². The summed E-state index contributed by atoms with van der Waals surface area (Å²) in [6, 6.07) is 0.457. The molecule has 0 aromatic carbocycles. The summed E-state index contributed by atoms with van der Waals surface area (Å²) in [5.74, 6) is 0.709. The van der Waals surface area contributed by atoms with Crippen molar-refractivity contribution in [1.82, 2.24) is 5.32 Å². The van der Waals surface area contributed by atoms with Crippen molar-refractivity contribution in [1.29, 1.82) is 0 Å². The van der Waals surface area contributed by atoms with Crippen LogP contribution in [0, 0.1) is 11.3 Å². The lowest BCUT2D eigenvalue weighted by molar-refractivity contribution is 0.164. The minimum absolute atomic E-state index is 0.324. The van der Waals surface area contributed by atoms with Gasteiger partial charge < -0.3 is 5.32 Å². The predicted molar refractivity (Wildman–Crippen MR) is 85.9 cm³/mol. The van der Waals surface area contributed by atoms with Gasteiger partial charge in [0.05, 0.1) is 5.25 Å². The van der Waals surface area contributed by atoms with Gasteiger partial charge in [-0.05, 0) is 43.6 Å². The van der Waals surface area contributed by atoms with Crippen molar-refractivity contribution in [3.8, 4) is 0 Å². The minimum atomic E-state index is -0.701. The van der Waals surface area contributed by atoms with Crippen molar-refractivity contribution >= 4 is 10.8 Å². The van der Waals surface area contributed by atoms with Gasteiger partial charge in [-0.25, -0.2) is 0 Å². The summed E-state index contributed by atoms with van der Waals surface area (Å²) in [5.41, 5.74) is 0.342. The largest absolute Gasteiger partial charge is 0.313 e. The normalized spacial score (nSPS) is 32.0. The molecule has 0 amide bonds. The quantitative estimate of drug-likeness (QED) is 0.835. The van der Waals surface area contributed by atoms with Crippen molar-refractivity contribution in [2.24, 2.45) is 11.3 Å². The Morgan fingerprint density at radius 1 is 1.26 bits per heavy atom. The van der Waals surface area contributed by atoms with E-state index in [0.29, 0.717) is 27.9 Å². The van der Waals surface area contributed by atoms with Crippen LogP contribution in [-0.2, 0) is 10.8 Å². The zero-order valence-electron chi connectivity index (χ0n) is 13.7. The van der Waals surface area contributed by atoms with Crippen LogP contribution in [0.15, 0.2) is 0 Å². The Hall–Kier alpha value is 0.110. The zero-order chi connectivity index (χ0) is 14.6. The third-order valence-corrected chi connectivity index (χ3v) is 7.00. The van der Waals surface area contributed by atoms with Crippen molar-refractivity contribution in [2.75, 3.05) is 6.54 Å². The molecule has 0 aromatic rings. The van der Waals surface area contributed by atoms with Gasteiger partial charge in [-0.2, -0.15) is 0 Å². The fourth-order valence-corrected chi connectivity index (χ4v) is 5.03. The lowest BCUT2D eigenvalue weighted by Crippen LogP contribution is -2.49. The second-order valence-corrected chi connectivity index (χ2v) is 9.19. The number of hydrogen-bond acceptors (Lipinski definition) is 2. The maximum Gasteiger partial charge on any atom is 0.0506 e. The Bertz CT molecular complexity index is 298. The molecule has 0 spiro atoms. The smallest absolute Gasteiger partial charge is 0.0506 e. The summed E-state index contributed by atoms with van der Waals surface area (Å²) in [4.78, 5) is 0. The molecule has 0 aromatic heterocycles. The van der Waals surface area contributed by atoms with Gasteiger partial charge in [0.2, 0.25) is 0 Å². The fourth-order valence-electron chi connectivity index (χ4n) is 3.13. The minimum Gasteiger partial charge on any atom is -0.313 e. The number of nitrogens with one attached hydrogen (secondary N) is 1. The van der Waals surface area contributed by atoms with Crippen LogP contribution in [0.5, 0.6) is 0 Å². The molecule has 5 unspecified atom stereocenters. The van der Waals surface area contributed by atoms with Crippen LogP contribution in [0.25, 0.3) is 0 Å². The molecule has 5 atom stereocenters. The first kappa shape index (κ1) is 17.2. The van der Waals surface area contributed by atoms with E-state index in [4.69, 9.17) is 0 Å². The average molecular weight is 288 g/mol. The molecule has 0 bridgehead atoms. The predicted octanol–water partition coefficient (Wildman–Crippen LogP) is 3.73. The van der Waals surface area contributed by atoms with Crippen molar-refractivity contribution in [3.63, 3.8) is 0 Å². The molecule has 1 fully saturated rings. The number of rotatable bonds is 5. The van der Waals surface area contributed by atoms with E-state index in [1.807, 2.05) is 0 Å². The van der Waals surface area contributed by atoms with Crippen LogP contribution in [0.3, 0.4) is 0 Å². The first-order chi connectivity index (χ1) is 8.81. The van der Waals surface area contributed by atoms with Crippen LogP contribution in [0.1, 0.15) is 67.2 Å². The number of hydrogen-bond donors (Lipinski definition) is 1. The highest BCUT2D eigenvalue weighted by Crippen LogP contribution is 2.40. The van der Waals surface area contributed by atoms with Crippen molar-refractivity contribution < 1.29 is 4.21 Å². The van der Waals surface area contributed by atoms with Gasteiger partial charge in [-0.3, -0.25) is 4.21 Å². The second-order valence-electron chi connectivity index (χ2n) is 7.13. The SMILES string of the molecule is CCNC1CCC(C(C)(C)C)CC1S(=O)C(C)CC.